The van der Waals surface area contributed by atoms with E-state index in [1.165, 1.54) is 0 Å². The van der Waals surface area contributed by atoms with Crippen LogP contribution in [-0.2, 0) is 12.1 Å². The van der Waals surface area contributed by atoms with Crippen molar-refractivity contribution in [2.24, 2.45) is 15.9 Å². The number of piperazine rings is 1. The van der Waals surface area contributed by atoms with Gasteiger partial charge >= 0.3 is 0 Å². The van der Waals surface area contributed by atoms with Gasteiger partial charge in [0, 0.05) is 56.1 Å². The summed E-state index contributed by atoms with van der Waals surface area (Å²) in [4.78, 5) is 28.6. The van der Waals surface area contributed by atoms with E-state index in [4.69, 9.17) is 5.10 Å². The highest BCUT2D eigenvalue weighted by Crippen LogP contribution is 2.45. The molecule has 0 bridgehead atoms. The molecule has 1 aromatic carbocycles. The Balaban J connectivity index is 1.08. The van der Waals surface area contributed by atoms with Gasteiger partial charge in [0.2, 0.25) is 0 Å². The predicted octanol–water partition coefficient (Wildman–Crippen LogP) is 2.26. The summed E-state index contributed by atoms with van der Waals surface area (Å²) in [6.45, 7) is 3.51. The van der Waals surface area contributed by atoms with E-state index in [1.807, 2.05) is 53.1 Å². The molecule has 2 fully saturated rings. The molecule has 3 aliphatic heterocycles. The molecule has 0 spiro atoms. The number of nitriles is 2. The maximum absolute atomic E-state index is 13.4. The lowest BCUT2D eigenvalue weighted by Crippen LogP contribution is -2.60. The van der Waals surface area contributed by atoms with Crippen molar-refractivity contribution >= 4 is 18.1 Å². The normalized spacial score (nSPS) is 27.0. The molecule has 1 N–H and O–H groups in total. The molecular weight excluding hydrogens is 516 g/mol. The SMILES string of the molecule is CN(C)Cc1cc(C#N)cc(C(=O)N2CCN([C@H]3C[C@](CC#N)(n4cc(C5N=CN=C6NC=CC65)cn4)C3)CC2)c1. The van der Waals surface area contributed by atoms with E-state index in [0.29, 0.717) is 43.2 Å². The summed E-state index contributed by atoms with van der Waals surface area (Å²) in [5.41, 5.74) is 2.74. The van der Waals surface area contributed by atoms with Crippen molar-refractivity contribution in [3.8, 4) is 12.1 Å². The summed E-state index contributed by atoms with van der Waals surface area (Å²) >= 11 is 0. The molecule has 1 aromatic heterocycles. The Morgan fingerprint density at radius 2 is 1.98 bits per heavy atom. The minimum Gasteiger partial charge on any atom is -0.350 e. The highest BCUT2D eigenvalue weighted by atomic mass is 16.2. The molecule has 1 aliphatic carbocycles. The Morgan fingerprint density at radius 1 is 1.17 bits per heavy atom. The van der Waals surface area contributed by atoms with Crippen LogP contribution in [-0.4, -0.2) is 88.9 Å². The van der Waals surface area contributed by atoms with Crippen molar-refractivity contribution in [2.45, 2.75) is 43.4 Å². The van der Waals surface area contributed by atoms with Crippen molar-refractivity contribution < 1.29 is 4.79 Å². The number of rotatable bonds is 7. The molecule has 1 amide bonds. The molecule has 4 aliphatic rings. The third-order valence-electron chi connectivity index (χ3n) is 8.67. The molecule has 1 saturated carbocycles. The molecule has 0 radical (unpaired) electrons. The smallest absolute Gasteiger partial charge is 0.253 e. The van der Waals surface area contributed by atoms with Crippen LogP contribution in [0.1, 0.15) is 52.4 Å². The number of nitrogens with one attached hydrogen (secondary N) is 1. The number of nitrogens with zero attached hydrogens (tertiary/aromatic N) is 9. The van der Waals surface area contributed by atoms with Crippen LogP contribution in [0.15, 0.2) is 52.9 Å². The zero-order valence-electron chi connectivity index (χ0n) is 23.4. The summed E-state index contributed by atoms with van der Waals surface area (Å²) in [5, 5.41) is 27.0. The predicted molar refractivity (Wildman–Crippen MR) is 154 cm³/mol. The Kier molecular flexibility index (Phi) is 7.16. The second-order valence-corrected chi connectivity index (χ2v) is 11.7. The van der Waals surface area contributed by atoms with Crippen LogP contribution in [0.25, 0.3) is 0 Å². The number of carbonyl (C=O) groups excluding carboxylic acids is 1. The van der Waals surface area contributed by atoms with Gasteiger partial charge in [0.25, 0.3) is 5.91 Å². The zero-order valence-corrected chi connectivity index (χ0v) is 23.4. The van der Waals surface area contributed by atoms with E-state index in [1.54, 1.807) is 12.4 Å². The van der Waals surface area contributed by atoms with Gasteiger partial charge < -0.3 is 15.1 Å². The minimum absolute atomic E-state index is 0.0239. The molecule has 1 saturated heterocycles. The monoisotopic (exact) mass is 550 g/mol. The second kappa shape index (κ2) is 10.9. The van der Waals surface area contributed by atoms with Crippen molar-refractivity contribution in [1.29, 1.82) is 10.5 Å². The van der Waals surface area contributed by atoms with Crippen molar-refractivity contribution in [3.05, 3.63) is 65.1 Å². The van der Waals surface area contributed by atoms with E-state index < -0.39 is 0 Å². The first-order chi connectivity index (χ1) is 19.9. The lowest BCUT2D eigenvalue weighted by atomic mass is 9.70. The van der Waals surface area contributed by atoms with Gasteiger partial charge in [-0.15, -0.1) is 0 Å². The summed E-state index contributed by atoms with van der Waals surface area (Å²) in [7, 11) is 3.94. The fourth-order valence-electron chi connectivity index (χ4n) is 6.55. The molecule has 2 aromatic rings. The summed E-state index contributed by atoms with van der Waals surface area (Å²) < 4.78 is 1.99. The Bertz CT molecular complexity index is 1490. The molecule has 2 atom stereocenters. The fourth-order valence-corrected chi connectivity index (χ4v) is 6.55. The molecule has 4 heterocycles. The first kappa shape index (κ1) is 26.9. The van der Waals surface area contributed by atoms with Gasteiger partial charge in [0.05, 0.1) is 47.8 Å². The Labute approximate surface area is 240 Å². The van der Waals surface area contributed by atoms with Gasteiger partial charge in [-0.05, 0) is 56.9 Å². The average Bonchev–Trinajstić information content (AvgIpc) is 3.64. The summed E-state index contributed by atoms with van der Waals surface area (Å²) in [6.07, 6.45) is 11.6. The number of fused-ring (bicyclic) bond motifs is 1. The van der Waals surface area contributed by atoms with Crippen LogP contribution < -0.4 is 5.32 Å². The topological polar surface area (TPSA) is 129 Å². The standard InChI is InChI=1S/C30H34N10O/c1-37(2)18-22-11-21(16-32)12-23(13-22)29(41)39-9-7-38(8-10-39)25-14-30(15-25,4-5-31)40-19-24(17-36-40)27-26-3-6-33-28(26)35-20-34-27/h3,6,11-13,17,19-20,25-27H,4,7-10,14-15,18H2,1-2H3,(H,33,34,35)/t25-,26?,27?,30-. The van der Waals surface area contributed by atoms with E-state index in [0.717, 1.165) is 42.9 Å². The van der Waals surface area contributed by atoms with Crippen LogP contribution in [0, 0.1) is 28.6 Å². The Morgan fingerprint density at radius 3 is 2.71 bits per heavy atom. The van der Waals surface area contributed by atoms with E-state index in [9.17, 15) is 15.3 Å². The number of aromatic nitrogens is 2. The van der Waals surface area contributed by atoms with Crippen LogP contribution in [0.4, 0.5) is 0 Å². The summed E-state index contributed by atoms with van der Waals surface area (Å²) in [5.74, 6) is 0.960. The number of aliphatic imine (C=N–C) groups is 2. The van der Waals surface area contributed by atoms with Crippen molar-refractivity contribution in [1.82, 2.24) is 29.8 Å². The molecule has 11 nitrogen and oxygen atoms in total. The van der Waals surface area contributed by atoms with E-state index in [-0.39, 0.29) is 23.4 Å². The number of hydrogen-bond donors (Lipinski definition) is 1. The van der Waals surface area contributed by atoms with Crippen LogP contribution in [0.5, 0.6) is 0 Å². The molecule has 6 rings (SSSR count). The number of amidine groups is 1. The Hall–Kier alpha value is -4.32. The molecule has 11 heteroatoms. The molecule has 210 valence electrons. The van der Waals surface area contributed by atoms with Crippen molar-refractivity contribution in [3.63, 3.8) is 0 Å². The third-order valence-corrected chi connectivity index (χ3v) is 8.67. The molecular formula is C30H34N10O. The summed E-state index contributed by atoms with van der Waals surface area (Å²) in [6, 6.07) is 10.3. The molecule has 2 unspecified atom stereocenters. The highest BCUT2D eigenvalue weighted by Gasteiger charge is 2.49. The maximum Gasteiger partial charge on any atom is 0.253 e. The van der Waals surface area contributed by atoms with Gasteiger partial charge in [0.15, 0.2) is 0 Å². The van der Waals surface area contributed by atoms with Gasteiger partial charge in [-0.1, -0.05) is 6.08 Å². The number of carbonyl (C=O) groups is 1. The quantitative estimate of drug-likeness (QED) is 0.560. The highest BCUT2D eigenvalue weighted by molar-refractivity contribution is 5.96. The lowest BCUT2D eigenvalue weighted by Gasteiger charge is -2.52. The van der Waals surface area contributed by atoms with Gasteiger partial charge in [-0.25, -0.2) is 4.99 Å². The second-order valence-electron chi connectivity index (χ2n) is 11.7. The number of benzene rings is 1. The van der Waals surface area contributed by atoms with Gasteiger partial charge in [0.1, 0.15) is 12.2 Å². The van der Waals surface area contributed by atoms with E-state index in [2.05, 4.69) is 44.6 Å². The lowest BCUT2D eigenvalue weighted by molar-refractivity contribution is -0.0158. The average molecular weight is 551 g/mol. The largest absolute Gasteiger partial charge is 0.350 e. The number of amides is 1. The van der Waals surface area contributed by atoms with Gasteiger partial charge in [-0.2, -0.15) is 15.6 Å². The minimum atomic E-state index is -0.329. The third kappa shape index (κ3) is 5.15. The molecule has 41 heavy (non-hydrogen) atoms. The maximum atomic E-state index is 13.4. The van der Waals surface area contributed by atoms with Crippen LogP contribution in [0.2, 0.25) is 0 Å². The first-order valence-corrected chi connectivity index (χ1v) is 14.1. The van der Waals surface area contributed by atoms with Crippen molar-refractivity contribution in [2.75, 3.05) is 40.3 Å². The fraction of sp³-hybridized carbons (Fsp3) is 0.467. The van der Waals surface area contributed by atoms with Gasteiger partial charge in [-0.3, -0.25) is 19.4 Å². The first-order valence-electron chi connectivity index (χ1n) is 14.1. The van der Waals surface area contributed by atoms with E-state index >= 15 is 0 Å². The van der Waals surface area contributed by atoms with Crippen LogP contribution in [0.3, 0.4) is 0 Å². The number of hydrogen-bond acceptors (Lipinski definition) is 9. The zero-order chi connectivity index (χ0) is 28.6. The van der Waals surface area contributed by atoms with Crippen LogP contribution >= 0.6 is 0 Å².